The van der Waals surface area contributed by atoms with Gasteiger partial charge >= 0.3 is 0 Å². The van der Waals surface area contributed by atoms with E-state index in [1.807, 2.05) is 44.2 Å². The minimum absolute atomic E-state index is 0.130. The number of aryl methyl sites for hydroxylation is 2. The van der Waals surface area contributed by atoms with Crippen molar-refractivity contribution in [1.29, 1.82) is 0 Å². The summed E-state index contributed by atoms with van der Waals surface area (Å²) in [5, 5.41) is 3.39. The van der Waals surface area contributed by atoms with E-state index in [0.29, 0.717) is 23.7 Å². The summed E-state index contributed by atoms with van der Waals surface area (Å²) in [5.41, 5.74) is 5.50. The number of carbonyl (C=O) groups is 1. The van der Waals surface area contributed by atoms with Crippen molar-refractivity contribution in [3.05, 3.63) is 80.8 Å². The Labute approximate surface area is 197 Å². The highest BCUT2D eigenvalue weighted by molar-refractivity contribution is 7.99. The van der Waals surface area contributed by atoms with Crippen LogP contribution in [0.15, 0.2) is 52.4 Å². The number of fused-ring (bicyclic) bond motifs is 1. The van der Waals surface area contributed by atoms with Crippen LogP contribution in [0, 0.1) is 13.8 Å². The molecule has 0 spiro atoms. The average molecular weight is 465 g/mol. The highest BCUT2D eigenvalue weighted by atomic mass is 32.2. The first-order valence-electron chi connectivity index (χ1n) is 10.9. The minimum atomic E-state index is -0.132. The zero-order valence-corrected chi connectivity index (χ0v) is 19.9. The van der Waals surface area contributed by atoms with Gasteiger partial charge in [0.25, 0.3) is 5.56 Å². The predicted octanol–water partition coefficient (Wildman–Crippen LogP) is 3.68. The van der Waals surface area contributed by atoms with E-state index in [0.717, 1.165) is 46.9 Å². The van der Waals surface area contributed by atoms with Gasteiger partial charge in [0.15, 0.2) is 5.16 Å². The Morgan fingerprint density at radius 3 is 2.76 bits per heavy atom. The van der Waals surface area contributed by atoms with Gasteiger partial charge < -0.3 is 15.0 Å². The SMILES string of the molecule is COc1cccc(CN2CCc3nc(SCC(=O)Nc4cc(C)cc(C)c4)[nH]c(=O)c3C2)c1. The monoisotopic (exact) mass is 464 g/mol. The molecule has 0 bridgehead atoms. The highest BCUT2D eigenvalue weighted by Gasteiger charge is 2.21. The largest absolute Gasteiger partial charge is 0.497 e. The number of hydrogen-bond donors (Lipinski definition) is 2. The Morgan fingerprint density at radius 2 is 2.00 bits per heavy atom. The fourth-order valence-corrected chi connectivity index (χ4v) is 4.75. The maximum absolute atomic E-state index is 12.7. The Bertz CT molecular complexity index is 1200. The van der Waals surface area contributed by atoms with Crippen molar-refractivity contribution >= 4 is 23.4 Å². The standard InChI is InChI=1S/C25H28N4O3S/c1-16-9-17(2)11-19(10-16)26-23(30)15-33-25-27-22-7-8-29(14-21(22)24(31)28-25)13-18-5-4-6-20(12-18)32-3/h4-6,9-12H,7-8,13-15H2,1-3H3,(H,26,30)(H,27,28,31). The summed E-state index contributed by atoms with van der Waals surface area (Å²) in [4.78, 5) is 34.8. The van der Waals surface area contributed by atoms with Crippen molar-refractivity contribution in [2.24, 2.45) is 0 Å². The predicted molar refractivity (Wildman–Crippen MR) is 131 cm³/mol. The molecule has 1 aliphatic rings. The number of amides is 1. The van der Waals surface area contributed by atoms with Gasteiger partial charge in [-0.2, -0.15) is 0 Å². The zero-order chi connectivity index (χ0) is 23.4. The number of benzene rings is 2. The number of methoxy groups -OCH3 is 1. The topological polar surface area (TPSA) is 87.3 Å². The van der Waals surface area contributed by atoms with Crippen LogP contribution >= 0.6 is 11.8 Å². The molecule has 0 radical (unpaired) electrons. The average Bonchev–Trinajstić information content (AvgIpc) is 2.77. The molecule has 4 rings (SSSR count). The van der Waals surface area contributed by atoms with Gasteiger partial charge in [0.1, 0.15) is 5.75 Å². The number of rotatable bonds is 7. The number of hydrogen-bond acceptors (Lipinski definition) is 6. The molecule has 33 heavy (non-hydrogen) atoms. The van der Waals surface area contributed by atoms with Crippen LogP contribution in [0.25, 0.3) is 0 Å². The Kier molecular flexibility index (Phi) is 7.15. The number of ether oxygens (including phenoxy) is 1. The molecular formula is C25H28N4O3S. The van der Waals surface area contributed by atoms with Gasteiger partial charge in [-0.05, 0) is 54.8 Å². The second-order valence-electron chi connectivity index (χ2n) is 8.32. The van der Waals surface area contributed by atoms with Crippen LogP contribution in [0.5, 0.6) is 5.75 Å². The van der Waals surface area contributed by atoms with Crippen LogP contribution in [0.4, 0.5) is 5.69 Å². The third-order valence-electron chi connectivity index (χ3n) is 5.51. The van der Waals surface area contributed by atoms with Crippen molar-refractivity contribution in [2.75, 3.05) is 24.7 Å². The highest BCUT2D eigenvalue weighted by Crippen LogP contribution is 2.21. The van der Waals surface area contributed by atoms with E-state index in [2.05, 4.69) is 32.3 Å². The van der Waals surface area contributed by atoms with Crippen molar-refractivity contribution in [3.8, 4) is 5.75 Å². The van der Waals surface area contributed by atoms with Gasteiger partial charge in [-0.1, -0.05) is 30.0 Å². The van der Waals surface area contributed by atoms with Gasteiger partial charge in [-0.15, -0.1) is 0 Å². The van der Waals surface area contributed by atoms with Gasteiger partial charge in [0, 0.05) is 31.7 Å². The fraction of sp³-hybridized carbons (Fsp3) is 0.320. The molecule has 2 N–H and O–H groups in total. The second-order valence-corrected chi connectivity index (χ2v) is 9.29. The maximum Gasteiger partial charge on any atom is 0.256 e. The lowest BCUT2D eigenvalue weighted by Crippen LogP contribution is -2.35. The normalized spacial score (nSPS) is 13.4. The molecule has 0 saturated heterocycles. The number of nitrogens with zero attached hydrogens (tertiary/aromatic N) is 2. The van der Waals surface area contributed by atoms with E-state index in [1.165, 1.54) is 11.8 Å². The summed E-state index contributed by atoms with van der Waals surface area (Å²) in [7, 11) is 1.66. The van der Waals surface area contributed by atoms with Gasteiger partial charge in [0.2, 0.25) is 5.91 Å². The lowest BCUT2D eigenvalue weighted by molar-refractivity contribution is -0.113. The summed E-state index contributed by atoms with van der Waals surface area (Å²) in [6.07, 6.45) is 0.700. The number of anilines is 1. The molecule has 0 saturated carbocycles. The minimum Gasteiger partial charge on any atom is -0.497 e. The van der Waals surface area contributed by atoms with Gasteiger partial charge in [-0.3, -0.25) is 14.5 Å². The van der Waals surface area contributed by atoms with E-state index in [-0.39, 0.29) is 17.2 Å². The van der Waals surface area contributed by atoms with E-state index < -0.39 is 0 Å². The molecule has 0 atom stereocenters. The Hall–Kier alpha value is -3.10. The molecule has 3 aromatic rings. The quantitative estimate of drug-likeness (QED) is 0.410. The zero-order valence-electron chi connectivity index (χ0n) is 19.1. The molecule has 2 aromatic carbocycles. The van der Waals surface area contributed by atoms with E-state index in [9.17, 15) is 9.59 Å². The third-order valence-corrected chi connectivity index (χ3v) is 6.39. The number of carbonyl (C=O) groups excluding carboxylic acids is 1. The number of thioether (sulfide) groups is 1. The molecular weight excluding hydrogens is 436 g/mol. The Balaban J connectivity index is 1.37. The summed E-state index contributed by atoms with van der Waals surface area (Å²) in [6.45, 7) is 6.10. The third kappa shape index (κ3) is 6.03. The lowest BCUT2D eigenvalue weighted by Gasteiger charge is -2.27. The summed E-state index contributed by atoms with van der Waals surface area (Å²) < 4.78 is 5.30. The lowest BCUT2D eigenvalue weighted by atomic mass is 10.1. The summed E-state index contributed by atoms with van der Waals surface area (Å²) >= 11 is 1.24. The molecule has 0 fully saturated rings. The van der Waals surface area contributed by atoms with Crippen LogP contribution in [-0.4, -0.2) is 40.2 Å². The van der Waals surface area contributed by atoms with Gasteiger partial charge in [-0.25, -0.2) is 4.98 Å². The first-order valence-corrected chi connectivity index (χ1v) is 11.9. The molecule has 0 unspecified atom stereocenters. The number of aromatic amines is 1. The molecule has 1 amide bonds. The van der Waals surface area contributed by atoms with Crippen LogP contribution < -0.4 is 15.6 Å². The Morgan fingerprint density at radius 1 is 1.21 bits per heavy atom. The van der Waals surface area contributed by atoms with E-state index >= 15 is 0 Å². The van der Waals surface area contributed by atoms with Crippen LogP contribution in [0.3, 0.4) is 0 Å². The second kappa shape index (κ2) is 10.2. The summed E-state index contributed by atoms with van der Waals surface area (Å²) in [6, 6.07) is 13.9. The smallest absolute Gasteiger partial charge is 0.256 e. The van der Waals surface area contributed by atoms with Crippen molar-refractivity contribution < 1.29 is 9.53 Å². The molecule has 2 heterocycles. The first kappa shape index (κ1) is 23.1. The van der Waals surface area contributed by atoms with Crippen LogP contribution in [0.1, 0.15) is 27.9 Å². The number of aromatic nitrogens is 2. The number of H-pyrrole nitrogens is 1. The molecule has 1 aliphatic heterocycles. The molecule has 1 aromatic heterocycles. The van der Waals surface area contributed by atoms with Crippen LogP contribution in [-0.2, 0) is 24.3 Å². The van der Waals surface area contributed by atoms with Crippen molar-refractivity contribution in [3.63, 3.8) is 0 Å². The molecule has 8 heteroatoms. The van der Waals surface area contributed by atoms with E-state index in [1.54, 1.807) is 7.11 Å². The summed E-state index contributed by atoms with van der Waals surface area (Å²) in [5.74, 6) is 0.874. The molecule has 172 valence electrons. The fourth-order valence-electron chi connectivity index (χ4n) is 4.07. The maximum atomic E-state index is 12.7. The van der Waals surface area contributed by atoms with Crippen LogP contribution in [0.2, 0.25) is 0 Å². The van der Waals surface area contributed by atoms with Crippen molar-refractivity contribution in [2.45, 2.75) is 38.5 Å². The van der Waals surface area contributed by atoms with E-state index in [4.69, 9.17) is 4.74 Å². The van der Waals surface area contributed by atoms with Crippen molar-refractivity contribution in [1.82, 2.24) is 14.9 Å². The molecule has 0 aliphatic carbocycles. The first-order chi connectivity index (χ1) is 15.9. The number of nitrogens with one attached hydrogen (secondary N) is 2. The molecule has 7 nitrogen and oxygen atoms in total. The van der Waals surface area contributed by atoms with Gasteiger partial charge in [0.05, 0.1) is 24.1 Å².